The second-order valence-electron chi connectivity index (χ2n) is 11.9. The first-order chi connectivity index (χ1) is 9.59. The predicted octanol–water partition coefficient (Wildman–Crippen LogP) is 6.81. The molecule has 0 aromatic carbocycles. The molecule has 0 saturated carbocycles. The van der Waals surface area contributed by atoms with Gasteiger partial charge in [-0.15, -0.1) is 0 Å². The molecule has 140 valence electrons. The van der Waals surface area contributed by atoms with Crippen LogP contribution in [0.3, 0.4) is 0 Å². The van der Waals surface area contributed by atoms with E-state index in [0.29, 0.717) is 15.1 Å². The van der Waals surface area contributed by atoms with Gasteiger partial charge in [-0.05, 0) is 15.1 Å². The average Bonchev–Trinajstić information content (AvgIpc) is 2.20. The van der Waals surface area contributed by atoms with Gasteiger partial charge in [0.2, 0.25) is 0 Å². The van der Waals surface area contributed by atoms with Gasteiger partial charge in [-0.2, -0.15) is 0 Å². The molecule has 0 atom stereocenters. The monoisotopic (exact) mass is 374 g/mol. The van der Waals surface area contributed by atoms with E-state index in [9.17, 15) is 0 Å². The Morgan fingerprint density at radius 3 is 0.957 bits per heavy atom. The summed E-state index contributed by atoms with van der Waals surface area (Å²) in [4.78, 5) is 0. The molecule has 0 unspecified atom stereocenters. The van der Waals surface area contributed by atoms with Crippen LogP contribution >= 0.6 is 0 Å². The third kappa shape index (κ3) is 4.81. The zero-order valence-electron chi connectivity index (χ0n) is 18.9. The molecule has 0 aliphatic rings. The summed E-state index contributed by atoms with van der Waals surface area (Å²) in [6, 6.07) is 0. The van der Waals surface area contributed by atoms with Crippen molar-refractivity contribution in [1.82, 2.24) is 9.43 Å². The van der Waals surface area contributed by atoms with E-state index in [4.69, 9.17) is 0 Å². The van der Waals surface area contributed by atoms with E-state index in [0.717, 1.165) is 0 Å². The minimum atomic E-state index is -1.65. The molecular formula is C18H46N2Si3. The van der Waals surface area contributed by atoms with Crippen LogP contribution in [-0.2, 0) is 0 Å². The number of rotatable bonds is 4. The Bertz CT molecular complexity index is 381. The quantitative estimate of drug-likeness (QED) is 0.429. The lowest BCUT2D eigenvalue weighted by Gasteiger charge is -2.60. The lowest BCUT2D eigenvalue weighted by atomic mass is 10.2. The fraction of sp³-hybridized carbons (Fsp3) is 1.00. The van der Waals surface area contributed by atoms with Crippen LogP contribution in [0, 0.1) is 0 Å². The summed E-state index contributed by atoms with van der Waals surface area (Å²) in [6.07, 6.45) is 0. The van der Waals surface area contributed by atoms with Crippen LogP contribution in [0.5, 0.6) is 0 Å². The Morgan fingerprint density at radius 2 is 0.783 bits per heavy atom. The average molecular weight is 375 g/mol. The van der Waals surface area contributed by atoms with Crippen molar-refractivity contribution in [3.63, 3.8) is 0 Å². The number of hydrogen-bond donors (Lipinski definition) is 1. The first-order valence-electron chi connectivity index (χ1n) is 9.17. The van der Waals surface area contributed by atoms with Crippen molar-refractivity contribution in [2.75, 3.05) is 0 Å². The largest absolute Gasteiger partial charge is 0.291 e. The lowest BCUT2D eigenvalue weighted by molar-refractivity contribution is 0.466. The minimum Gasteiger partial charge on any atom is -0.291 e. The highest BCUT2D eigenvalue weighted by molar-refractivity contribution is 6.94. The molecule has 2 nitrogen and oxygen atoms in total. The summed E-state index contributed by atoms with van der Waals surface area (Å²) in [6.45, 7) is 37.1. The molecular weight excluding hydrogens is 328 g/mol. The fourth-order valence-electron chi connectivity index (χ4n) is 2.10. The Labute approximate surface area is 151 Å². The second-order valence-corrected chi connectivity index (χ2v) is 27.5. The van der Waals surface area contributed by atoms with Crippen molar-refractivity contribution >= 4 is 24.7 Å². The van der Waals surface area contributed by atoms with Crippen molar-refractivity contribution in [2.45, 2.75) is 117 Å². The van der Waals surface area contributed by atoms with E-state index >= 15 is 0 Å². The van der Waals surface area contributed by atoms with E-state index in [1.54, 1.807) is 0 Å². The third-order valence-electron chi connectivity index (χ3n) is 7.06. The van der Waals surface area contributed by atoms with Gasteiger partial charge in [0.05, 0.1) is 0 Å². The van der Waals surface area contributed by atoms with Gasteiger partial charge in [0, 0.05) is 0 Å². The maximum Gasteiger partial charge on any atom is 0.139 e. The standard InChI is InChI=1S/C18H46N2Si3/c1-16(2,3)21(10,11)19-20(22(12,13)17(4,5)6)23(14,15)18(7,8)9/h19H,1-15H3. The summed E-state index contributed by atoms with van der Waals surface area (Å²) in [5.41, 5.74) is 0. The van der Waals surface area contributed by atoms with Crippen molar-refractivity contribution in [3.8, 4) is 0 Å². The molecule has 0 aromatic heterocycles. The highest BCUT2D eigenvalue weighted by Crippen LogP contribution is 2.47. The molecule has 0 spiro atoms. The van der Waals surface area contributed by atoms with Crippen LogP contribution in [0.15, 0.2) is 0 Å². The Morgan fingerprint density at radius 1 is 0.522 bits per heavy atom. The molecule has 23 heavy (non-hydrogen) atoms. The van der Waals surface area contributed by atoms with Gasteiger partial charge in [0.15, 0.2) is 0 Å². The van der Waals surface area contributed by atoms with Crippen molar-refractivity contribution < 1.29 is 0 Å². The zero-order chi connectivity index (χ0) is 19.3. The molecule has 1 N–H and O–H groups in total. The van der Waals surface area contributed by atoms with E-state index in [-0.39, 0.29) is 0 Å². The molecule has 0 radical (unpaired) electrons. The van der Waals surface area contributed by atoms with E-state index in [1.165, 1.54) is 0 Å². The van der Waals surface area contributed by atoms with Crippen LogP contribution < -0.4 is 5.09 Å². The first-order valence-corrected chi connectivity index (χ1v) is 18.1. The smallest absolute Gasteiger partial charge is 0.139 e. The van der Waals surface area contributed by atoms with Crippen LogP contribution in [0.2, 0.25) is 54.4 Å². The number of hydrazine groups is 1. The van der Waals surface area contributed by atoms with Crippen LogP contribution in [0.4, 0.5) is 0 Å². The van der Waals surface area contributed by atoms with E-state index in [2.05, 4.69) is 111 Å². The topological polar surface area (TPSA) is 15.3 Å². The summed E-state index contributed by atoms with van der Waals surface area (Å²) >= 11 is 0. The molecule has 0 fully saturated rings. The summed E-state index contributed by atoms with van der Waals surface area (Å²) in [5.74, 6) is 0. The van der Waals surface area contributed by atoms with E-state index < -0.39 is 24.7 Å². The second kappa shape index (κ2) is 6.38. The highest BCUT2D eigenvalue weighted by atomic mass is 28.4. The fourth-order valence-corrected chi connectivity index (χ4v) is 15.8. The Hall–Kier alpha value is 0.571. The van der Waals surface area contributed by atoms with Gasteiger partial charge in [-0.3, -0.25) is 9.43 Å². The Kier molecular flexibility index (Phi) is 6.54. The third-order valence-corrected chi connectivity index (χ3v) is 25.2. The molecule has 0 saturated heterocycles. The van der Waals surface area contributed by atoms with Gasteiger partial charge in [-0.1, -0.05) is 102 Å². The highest BCUT2D eigenvalue weighted by Gasteiger charge is 2.54. The summed E-state index contributed by atoms with van der Waals surface area (Å²) in [5, 5.41) is 5.26. The zero-order valence-corrected chi connectivity index (χ0v) is 21.9. The van der Waals surface area contributed by atoms with Crippen LogP contribution in [0.25, 0.3) is 0 Å². The number of nitrogens with zero attached hydrogens (tertiary/aromatic N) is 1. The van der Waals surface area contributed by atoms with Gasteiger partial charge in [-0.25, -0.2) is 0 Å². The molecule has 0 aliphatic heterocycles. The van der Waals surface area contributed by atoms with Gasteiger partial charge in [0.1, 0.15) is 24.7 Å². The SMILES string of the molecule is CC(C)(C)[Si](C)(C)NN([Si](C)(C)C(C)(C)C)[Si](C)(C)C(C)(C)C. The normalized spacial score (nSPS) is 16.2. The maximum absolute atomic E-state index is 4.22. The van der Waals surface area contributed by atoms with E-state index in [1.807, 2.05) is 0 Å². The molecule has 5 heteroatoms. The Balaban J connectivity index is 6.18. The molecule has 0 aromatic rings. The molecule has 0 aliphatic carbocycles. The first kappa shape index (κ1) is 23.6. The number of nitrogens with one attached hydrogen (secondary N) is 1. The van der Waals surface area contributed by atoms with Crippen LogP contribution in [-0.4, -0.2) is 29.0 Å². The number of hydrogen-bond acceptors (Lipinski definition) is 2. The summed E-state index contributed by atoms with van der Waals surface area (Å²) < 4.78 is 2.89. The maximum atomic E-state index is 4.22. The van der Waals surface area contributed by atoms with Crippen molar-refractivity contribution in [2.24, 2.45) is 0 Å². The summed E-state index contributed by atoms with van der Waals surface area (Å²) in [7, 11) is -4.90. The van der Waals surface area contributed by atoms with Gasteiger partial charge >= 0.3 is 0 Å². The van der Waals surface area contributed by atoms with Crippen molar-refractivity contribution in [1.29, 1.82) is 0 Å². The molecule has 0 amide bonds. The molecule has 0 rings (SSSR count). The van der Waals surface area contributed by atoms with Gasteiger partial charge < -0.3 is 0 Å². The van der Waals surface area contributed by atoms with Crippen molar-refractivity contribution in [3.05, 3.63) is 0 Å². The van der Waals surface area contributed by atoms with Gasteiger partial charge in [0.25, 0.3) is 0 Å². The van der Waals surface area contributed by atoms with Crippen LogP contribution in [0.1, 0.15) is 62.3 Å². The lowest BCUT2D eigenvalue weighted by Crippen LogP contribution is -2.77. The minimum absolute atomic E-state index is 0.343. The molecule has 0 heterocycles. The molecule has 0 bridgehead atoms. The predicted molar refractivity (Wildman–Crippen MR) is 117 cm³/mol.